The van der Waals surface area contributed by atoms with Gasteiger partial charge in [0.2, 0.25) is 5.88 Å². The number of ether oxygens (including phenoxy) is 1. The van der Waals surface area contributed by atoms with Crippen molar-refractivity contribution in [2.75, 3.05) is 0 Å². The molecule has 0 aliphatic heterocycles. The van der Waals surface area contributed by atoms with Gasteiger partial charge in [-0.05, 0) is 35.9 Å². The van der Waals surface area contributed by atoms with Gasteiger partial charge >= 0.3 is 0 Å². The topological polar surface area (TPSA) is 103 Å². The van der Waals surface area contributed by atoms with Crippen LogP contribution in [0.2, 0.25) is 5.15 Å². The first-order chi connectivity index (χ1) is 12.6. The first-order valence-electron chi connectivity index (χ1n) is 7.81. The number of nitrogens with two attached hydrogens (primary N) is 1. The largest absolute Gasteiger partial charge is 0.439 e. The van der Waals surface area contributed by atoms with Crippen molar-refractivity contribution in [1.82, 2.24) is 20.3 Å². The van der Waals surface area contributed by atoms with Gasteiger partial charge in [-0.2, -0.15) is 0 Å². The first kappa shape index (κ1) is 17.8. The zero-order chi connectivity index (χ0) is 18.4. The highest BCUT2D eigenvalue weighted by atomic mass is 35.5. The Morgan fingerprint density at radius 2 is 2.04 bits per heavy atom. The fourth-order valence-electron chi connectivity index (χ4n) is 2.20. The molecule has 0 saturated heterocycles. The average molecular weight is 370 g/mol. The van der Waals surface area contributed by atoms with Crippen molar-refractivity contribution in [1.29, 1.82) is 0 Å². The molecule has 26 heavy (non-hydrogen) atoms. The maximum atomic E-state index is 12.4. The van der Waals surface area contributed by atoms with Gasteiger partial charge in [0.25, 0.3) is 5.91 Å². The molecule has 0 bridgehead atoms. The van der Waals surface area contributed by atoms with Gasteiger partial charge in [-0.15, -0.1) is 0 Å². The van der Waals surface area contributed by atoms with Gasteiger partial charge in [0.05, 0.1) is 5.69 Å². The molecule has 0 unspecified atom stereocenters. The Morgan fingerprint density at radius 1 is 1.15 bits per heavy atom. The fourth-order valence-corrected chi connectivity index (χ4v) is 2.40. The zero-order valence-corrected chi connectivity index (χ0v) is 14.5. The molecule has 0 spiro atoms. The van der Waals surface area contributed by atoms with Gasteiger partial charge in [-0.3, -0.25) is 4.79 Å². The molecule has 0 aliphatic rings. The lowest BCUT2D eigenvalue weighted by molar-refractivity contribution is 0.0950. The predicted molar refractivity (Wildman–Crippen MR) is 96.9 cm³/mol. The Labute approximate surface area is 155 Å². The number of aromatic nitrogens is 3. The van der Waals surface area contributed by atoms with E-state index in [0.717, 1.165) is 5.56 Å². The highest BCUT2D eigenvalue weighted by molar-refractivity contribution is 6.29. The Bertz CT molecular complexity index is 919. The summed E-state index contributed by atoms with van der Waals surface area (Å²) < 4.78 is 5.68. The number of carbonyl (C=O) groups excluding carboxylic acids is 1. The fraction of sp³-hybridized carbons (Fsp3) is 0.111. The van der Waals surface area contributed by atoms with E-state index in [4.69, 9.17) is 22.1 Å². The second-order valence-electron chi connectivity index (χ2n) is 5.35. The maximum Gasteiger partial charge on any atom is 0.251 e. The summed E-state index contributed by atoms with van der Waals surface area (Å²) in [6.45, 7) is 0.637. The Balaban J connectivity index is 1.67. The average Bonchev–Trinajstić information content (AvgIpc) is 2.66. The van der Waals surface area contributed by atoms with Gasteiger partial charge in [0.1, 0.15) is 17.2 Å². The van der Waals surface area contributed by atoms with Crippen LogP contribution in [0.25, 0.3) is 0 Å². The van der Waals surface area contributed by atoms with Crippen LogP contribution in [0.1, 0.15) is 21.6 Å². The summed E-state index contributed by atoms with van der Waals surface area (Å²) in [5.74, 6) is 0.629. The maximum absolute atomic E-state index is 12.4. The summed E-state index contributed by atoms with van der Waals surface area (Å²) in [5.41, 5.74) is 7.55. The first-order valence-corrected chi connectivity index (χ1v) is 8.19. The van der Waals surface area contributed by atoms with E-state index in [2.05, 4.69) is 20.3 Å². The summed E-state index contributed by atoms with van der Waals surface area (Å²) in [7, 11) is 0. The molecule has 2 aromatic heterocycles. The number of carbonyl (C=O) groups is 1. The SMILES string of the molecule is NCc1cc(Oc2cccc(C(=O)NCc3ccnc(Cl)c3)c2)ncn1. The second kappa shape index (κ2) is 8.37. The minimum atomic E-state index is -0.228. The Morgan fingerprint density at radius 3 is 2.85 bits per heavy atom. The van der Waals surface area contributed by atoms with Crippen molar-refractivity contribution in [2.45, 2.75) is 13.1 Å². The molecule has 3 N–H and O–H groups in total. The number of nitrogens with zero attached hydrogens (tertiary/aromatic N) is 3. The van der Waals surface area contributed by atoms with E-state index in [-0.39, 0.29) is 5.91 Å². The van der Waals surface area contributed by atoms with Crippen molar-refractivity contribution in [3.05, 3.63) is 77.0 Å². The molecule has 0 fully saturated rings. The number of rotatable bonds is 6. The van der Waals surface area contributed by atoms with Crippen LogP contribution < -0.4 is 15.8 Å². The third-order valence-electron chi connectivity index (χ3n) is 3.47. The van der Waals surface area contributed by atoms with Crippen LogP contribution in [-0.4, -0.2) is 20.9 Å². The number of halogens is 1. The molecule has 1 amide bonds. The highest BCUT2D eigenvalue weighted by Gasteiger charge is 2.08. The van der Waals surface area contributed by atoms with Crippen LogP contribution in [0.5, 0.6) is 11.6 Å². The lowest BCUT2D eigenvalue weighted by Crippen LogP contribution is -2.22. The molecule has 0 saturated carbocycles. The summed E-state index contributed by atoms with van der Waals surface area (Å²) in [6.07, 6.45) is 2.98. The summed E-state index contributed by atoms with van der Waals surface area (Å²) in [4.78, 5) is 24.3. The van der Waals surface area contributed by atoms with Crippen LogP contribution in [0, 0.1) is 0 Å². The van der Waals surface area contributed by atoms with E-state index in [1.165, 1.54) is 6.33 Å². The van der Waals surface area contributed by atoms with Crippen LogP contribution in [-0.2, 0) is 13.1 Å². The lowest BCUT2D eigenvalue weighted by atomic mass is 10.2. The number of hydrogen-bond donors (Lipinski definition) is 2. The van der Waals surface area contributed by atoms with Crippen LogP contribution >= 0.6 is 11.6 Å². The van der Waals surface area contributed by atoms with E-state index in [9.17, 15) is 4.79 Å². The summed E-state index contributed by atoms with van der Waals surface area (Å²) in [5, 5.41) is 3.21. The van der Waals surface area contributed by atoms with Crippen LogP contribution in [0.4, 0.5) is 0 Å². The molecular formula is C18H16ClN5O2. The van der Waals surface area contributed by atoms with Crippen molar-refractivity contribution >= 4 is 17.5 Å². The third-order valence-corrected chi connectivity index (χ3v) is 3.68. The normalized spacial score (nSPS) is 10.4. The number of pyridine rings is 1. The summed E-state index contributed by atoms with van der Waals surface area (Å²) in [6, 6.07) is 12.0. The Hall–Kier alpha value is -3.03. The number of hydrogen-bond acceptors (Lipinski definition) is 6. The van der Waals surface area contributed by atoms with E-state index < -0.39 is 0 Å². The molecule has 7 nitrogen and oxygen atoms in total. The number of benzene rings is 1. The van der Waals surface area contributed by atoms with Gasteiger partial charge < -0.3 is 15.8 Å². The second-order valence-corrected chi connectivity index (χ2v) is 5.74. The van der Waals surface area contributed by atoms with E-state index in [1.807, 2.05) is 0 Å². The summed E-state index contributed by atoms with van der Waals surface area (Å²) >= 11 is 5.84. The molecule has 8 heteroatoms. The van der Waals surface area contributed by atoms with Gasteiger partial charge in [0.15, 0.2) is 0 Å². The molecule has 0 atom stereocenters. The van der Waals surface area contributed by atoms with Crippen molar-refractivity contribution in [2.24, 2.45) is 5.73 Å². The molecule has 0 aliphatic carbocycles. The molecule has 3 aromatic rings. The number of nitrogens with one attached hydrogen (secondary N) is 1. The molecule has 0 radical (unpaired) electrons. The highest BCUT2D eigenvalue weighted by Crippen LogP contribution is 2.20. The molecule has 132 valence electrons. The van der Waals surface area contributed by atoms with Crippen molar-refractivity contribution in [3.63, 3.8) is 0 Å². The molecular weight excluding hydrogens is 354 g/mol. The predicted octanol–water partition coefficient (Wildman–Crippen LogP) is 2.71. The monoisotopic (exact) mass is 369 g/mol. The standard InChI is InChI=1S/C18H16ClN5O2/c19-16-6-12(4-5-21-16)10-22-18(25)13-2-1-3-15(7-13)26-17-8-14(9-20)23-11-24-17/h1-8,11H,9-10,20H2,(H,22,25). The van der Waals surface area contributed by atoms with E-state index in [0.29, 0.717) is 41.1 Å². The zero-order valence-electron chi connectivity index (χ0n) is 13.7. The minimum Gasteiger partial charge on any atom is -0.439 e. The Kier molecular flexibility index (Phi) is 5.73. The van der Waals surface area contributed by atoms with Crippen LogP contribution in [0.3, 0.4) is 0 Å². The van der Waals surface area contributed by atoms with Gasteiger partial charge in [0, 0.05) is 30.9 Å². The van der Waals surface area contributed by atoms with E-state index >= 15 is 0 Å². The third kappa shape index (κ3) is 4.75. The van der Waals surface area contributed by atoms with Crippen LogP contribution in [0.15, 0.2) is 55.0 Å². The molecule has 2 heterocycles. The smallest absolute Gasteiger partial charge is 0.251 e. The van der Waals surface area contributed by atoms with Gasteiger partial charge in [-0.1, -0.05) is 17.7 Å². The number of amides is 1. The van der Waals surface area contributed by atoms with Crippen molar-refractivity contribution < 1.29 is 9.53 Å². The van der Waals surface area contributed by atoms with Gasteiger partial charge in [-0.25, -0.2) is 15.0 Å². The molecule has 3 rings (SSSR count). The minimum absolute atomic E-state index is 0.228. The van der Waals surface area contributed by atoms with Crippen molar-refractivity contribution in [3.8, 4) is 11.6 Å². The molecule has 1 aromatic carbocycles. The quantitative estimate of drug-likeness (QED) is 0.647. The van der Waals surface area contributed by atoms with E-state index in [1.54, 1.807) is 48.7 Å². The lowest BCUT2D eigenvalue weighted by Gasteiger charge is -2.08.